The molecule has 1 saturated carbocycles. The van der Waals surface area contributed by atoms with Crippen molar-refractivity contribution in [1.29, 1.82) is 5.26 Å². The molecule has 4 aliphatic rings. The Morgan fingerprint density at radius 2 is 1.86 bits per heavy atom. The molecule has 2 saturated heterocycles. The van der Waals surface area contributed by atoms with Gasteiger partial charge in [-0.05, 0) is 63.5 Å². The normalized spacial score (nSPS) is 25.3. The molecule has 4 heterocycles. The van der Waals surface area contributed by atoms with Crippen molar-refractivity contribution in [2.24, 2.45) is 0 Å². The van der Waals surface area contributed by atoms with Crippen LogP contribution in [0.5, 0.6) is 6.01 Å². The Hall–Kier alpha value is -3.12. The molecule has 1 aliphatic carbocycles. The van der Waals surface area contributed by atoms with Gasteiger partial charge in [0.15, 0.2) is 0 Å². The number of ether oxygens (including phenoxy) is 1. The zero-order valence-corrected chi connectivity index (χ0v) is 25.4. The molecule has 0 spiro atoms. The van der Waals surface area contributed by atoms with Crippen LogP contribution in [0.3, 0.4) is 0 Å². The van der Waals surface area contributed by atoms with E-state index in [0.717, 1.165) is 65.6 Å². The summed E-state index contributed by atoms with van der Waals surface area (Å²) in [4.78, 5) is 17.6. The number of halogens is 1. The topological polar surface area (TPSA) is 80.5 Å². The second-order valence-electron chi connectivity index (χ2n) is 12.7. The molecule has 220 valence electrons. The first-order valence-electron chi connectivity index (χ1n) is 15.5. The van der Waals surface area contributed by atoms with Crippen molar-refractivity contribution >= 4 is 33.9 Å². The van der Waals surface area contributed by atoms with E-state index in [2.05, 4.69) is 64.2 Å². The van der Waals surface area contributed by atoms with E-state index in [9.17, 15) is 5.26 Å². The molecule has 9 heteroatoms. The Morgan fingerprint density at radius 3 is 2.62 bits per heavy atom. The Kier molecular flexibility index (Phi) is 7.37. The van der Waals surface area contributed by atoms with Crippen LogP contribution in [0.1, 0.15) is 57.2 Å². The standard InChI is InChI=1S/C33H40ClN7O/c1-22-9-10-23(2)41(22)33(13-14-33)21-42-32-37-28-20-39(29-8-4-6-24-5-3-7-27(34)30(24)29)17-12-26(28)31(38-32)40-18-16-36-25(19-40)11-15-35/h3-8,22-23,25,36H,9-14,16-21H2,1-2H3/t22?,23?,25-/m0/s1. The van der Waals surface area contributed by atoms with Gasteiger partial charge in [-0.15, -0.1) is 0 Å². The van der Waals surface area contributed by atoms with Crippen LogP contribution in [0.4, 0.5) is 11.5 Å². The number of hydrogen-bond donors (Lipinski definition) is 1. The summed E-state index contributed by atoms with van der Waals surface area (Å²) in [5.41, 5.74) is 3.46. The molecular formula is C33H40ClN7O. The number of benzene rings is 2. The fourth-order valence-electron chi connectivity index (χ4n) is 7.68. The van der Waals surface area contributed by atoms with Gasteiger partial charge in [-0.2, -0.15) is 15.2 Å². The highest BCUT2D eigenvalue weighted by molar-refractivity contribution is 6.36. The maximum Gasteiger partial charge on any atom is 0.318 e. The molecule has 0 radical (unpaired) electrons. The first-order valence-corrected chi connectivity index (χ1v) is 15.9. The summed E-state index contributed by atoms with van der Waals surface area (Å²) in [6.07, 6.45) is 6.17. The monoisotopic (exact) mass is 585 g/mol. The third kappa shape index (κ3) is 5.06. The quantitative estimate of drug-likeness (QED) is 0.399. The van der Waals surface area contributed by atoms with Gasteiger partial charge in [0.2, 0.25) is 0 Å². The Morgan fingerprint density at radius 1 is 1.07 bits per heavy atom. The molecule has 2 aromatic carbocycles. The number of anilines is 2. The van der Waals surface area contributed by atoms with E-state index in [1.165, 1.54) is 31.2 Å². The van der Waals surface area contributed by atoms with Crippen molar-refractivity contribution in [3.63, 3.8) is 0 Å². The van der Waals surface area contributed by atoms with Crippen molar-refractivity contribution in [3.8, 4) is 12.1 Å². The molecule has 0 bridgehead atoms. The summed E-state index contributed by atoms with van der Waals surface area (Å²) in [6.45, 7) is 9.30. The first-order chi connectivity index (χ1) is 20.5. The third-order valence-corrected chi connectivity index (χ3v) is 10.2. The summed E-state index contributed by atoms with van der Waals surface area (Å²) in [5.74, 6) is 0.975. The molecule has 3 fully saturated rings. The van der Waals surface area contributed by atoms with Gasteiger partial charge in [0.05, 0.1) is 35.3 Å². The Labute approximate surface area is 253 Å². The molecule has 1 N–H and O–H groups in total. The van der Waals surface area contributed by atoms with Crippen molar-refractivity contribution in [3.05, 3.63) is 52.7 Å². The van der Waals surface area contributed by atoms with Gasteiger partial charge in [0.25, 0.3) is 0 Å². The molecule has 2 unspecified atom stereocenters. The SMILES string of the molecule is CC1CCC(C)N1C1(COc2nc3c(c(N4CCN[C@@H](CC#N)C4)n2)CCN(c2cccc4cccc(Cl)c24)C3)CC1. The van der Waals surface area contributed by atoms with Crippen LogP contribution < -0.4 is 19.9 Å². The van der Waals surface area contributed by atoms with Crippen molar-refractivity contribution < 1.29 is 4.74 Å². The van der Waals surface area contributed by atoms with Gasteiger partial charge in [0.1, 0.15) is 12.4 Å². The summed E-state index contributed by atoms with van der Waals surface area (Å²) >= 11 is 6.73. The summed E-state index contributed by atoms with van der Waals surface area (Å²) in [6, 6.07) is 16.6. The lowest BCUT2D eigenvalue weighted by atomic mass is 10.0. The number of rotatable bonds is 7. The first kappa shape index (κ1) is 27.7. The van der Waals surface area contributed by atoms with Crippen LogP contribution in [0.25, 0.3) is 10.8 Å². The number of aromatic nitrogens is 2. The maximum absolute atomic E-state index is 9.35. The average Bonchev–Trinajstić information content (AvgIpc) is 3.70. The smallest absolute Gasteiger partial charge is 0.318 e. The van der Waals surface area contributed by atoms with E-state index < -0.39 is 0 Å². The highest BCUT2D eigenvalue weighted by Crippen LogP contribution is 2.48. The number of hydrogen-bond acceptors (Lipinski definition) is 8. The fourth-order valence-corrected chi connectivity index (χ4v) is 7.95. The van der Waals surface area contributed by atoms with E-state index in [-0.39, 0.29) is 11.6 Å². The predicted octanol–water partition coefficient (Wildman–Crippen LogP) is 5.32. The minimum atomic E-state index is 0.105. The van der Waals surface area contributed by atoms with Gasteiger partial charge in [-0.1, -0.05) is 35.9 Å². The molecule has 7 rings (SSSR count). The lowest BCUT2D eigenvalue weighted by Crippen LogP contribution is -2.51. The maximum atomic E-state index is 9.35. The molecular weight excluding hydrogens is 546 g/mol. The predicted molar refractivity (Wildman–Crippen MR) is 167 cm³/mol. The number of likely N-dealkylation sites (tertiary alicyclic amines) is 1. The molecule has 3 aliphatic heterocycles. The zero-order valence-electron chi connectivity index (χ0n) is 24.7. The second-order valence-corrected chi connectivity index (χ2v) is 13.1. The minimum Gasteiger partial charge on any atom is -0.461 e. The van der Waals surface area contributed by atoms with Crippen LogP contribution in [-0.4, -0.2) is 71.3 Å². The van der Waals surface area contributed by atoms with Gasteiger partial charge in [0, 0.05) is 60.9 Å². The molecule has 8 nitrogen and oxygen atoms in total. The van der Waals surface area contributed by atoms with E-state index in [1.54, 1.807) is 0 Å². The van der Waals surface area contributed by atoms with Crippen LogP contribution in [0.15, 0.2) is 36.4 Å². The summed E-state index contributed by atoms with van der Waals surface area (Å²) < 4.78 is 6.55. The number of piperazine rings is 1. The lowest BCUT2D eigenvalue weighted by molar-refractivity contribution is 0.0771. The number of nitrogens with one attached hydrogen (secondary N) is 1. The minimum absolute atomic E-state index is 0.105. The molecule has 1 aromatic heterocycles. The highest BCUT2D eigenvalue weighted by Gasteiger charge is 2.53. The largest absolute Gasteiger partial charge is 0.461 e. The van der Waals surface area contributed by atoms with Gasteiger partial charge >= 0.3 is 6.01 Å². The Bertz CT molecular complexity index is 1500. The van der Waals surface area contributed by atoms with E-state index in [1.807, 2.05) is 12.1 Å². The van der Waals surface area contributed by atoms with Gasteiger partial charge in [-0.25, -0.2) is 0 Å². The fraction of sp³-hybridized carbons (Fsp3) is 0.545. The van der Waals surface area contributed by atoms with E-state index in [4.69, 9.17) is 26.3 Å². The lowest BCUT2D eigenvalue weighted by Gasteiger charge is -2.38. The van der Waals surface area contributed by atoms with Crippen LogP contribution >= 0.6 is 11.6 Å². The zero-order chi connectivity index (χ0) is 28.8. The van der Waals surface area contributed by atoms with Crippen molar-refractivity contribution in [2.45, 2.75) is 82.6 Å². The third-order valence-electron chi connectivity index (χ3n) is 9.88. The van der Waals surface area contributed by atoms with Crippen molar-refractivity contribution in [1.82, 2.24) is 20.2 Å². The number of nitrogens with zero attached hydrogens (tertiary/aromatic N) is 6. The average molecular weight is 586 g/mol. The second kappa shape index (κ2) is 11.2. The molecule has 42 heavy (non-hydrogen) atoms. The summed E-state index contributed by atoms with van der Waals surface area (Å²) in [7, 11) is 0. The molecule has 3 aromatic rings. The van der Waals surface area contributed by atoms with Crippen LogP contribution in [0, 0.1) is 11.3 Å². The number of nitriles is 1. The van der Waals surface area contributed by atoms with Gasteiger partial charge < -0.3 is 19.9 Å². The van der Waals surface area contributed by atoms with Crippen LogP contribution in [0.2, 0.25) is 5.02 Å². The van der Waals surface area contributed by atoms with E-state index in [0.29, 0.717) is 37.7 Å². The highest BCUT2D eigenvalue weighted by atomic mass is 35.5. The van der Waals surface area contributed by atoms with E-state index >= 15 is 0 Å². The van der Waals surface area contributed by atoms with Crippen molar-refractivity contribution in [2.75, 3.05) is 42.6 Å². The number of fused-ring (bicyclic) bond motifs is 2. The van der Waals surface area contributed by atoms with Crippen LogP contribution in [-0.2, 0) is 13.0 Å². The summed E-state index contributed by atoms with van der Waals surface area (Å²) in [5, 5.41) is 15.8. The Balaban J connectivity index is 1.21. The molecule has 0 amide bonds. The molecule has 3 atom stereocenters. The van der Waals surface area contributed by atoms with Gasteiger partial charge in [-0.3, -0.25) is 4.90 Å².